The maximum absolute atomic E-state index is 9.17. The number of hydrogen-bond donors (Lipinski definition) is 1. The quantitative estimate of drug-likeness (QED) is 0.795. The van der Waals surface area contributed by atoms with Gasteiger partial charge in [-0.2, -0.15) is 0 Å². The Labute approximate surface area is 122 Å². The first-order valence-electron chi connectivity index (χ1n) is 6.61. The summed E-state index contributed by atoms with van der Waals surface area (Å²) in [6.45, 7) is -0.0385. The molecule has 3 rings (SSSR count). The van der Waals surface area contributed by atoms with Crippen molar-refractivity contribution < 1.29 is 14.6 Å². The molecule has 0 aliphatic carbocycles. The second kappa shape index (κ2) is 5.81. The van der Waals surface area contributed by atoms with E-state index >= 15 is 0 Å². The summed E-state index contributed by atoms with van der Waals surface area (Å²) in [4.78, 5) is 4.29. The number of aromatic nitrogens is 1. The van der Waals surface area contributed by atoms with E-state index in [1.807, 2.05) is 30.3 Å². The van der Waals surface area contributed by atoms with Crippen LogP contribution < -0.4 is 9.47 Å². The molecule has 1 aromatic heterocycles. The van der Waals surface area contributed by atoms with Gasteiger partial charge in [-0.1, -0.05) is 24.3 Å². The molecule has 0 aliphatic rings. The number of rotatable bonds is 4. The van der Waals surface area contributed by atoms with Crippen LogP contribution >= 0.6 is 0 Å². The lowest BCUT2D eigenvalue weighted by molar-refractivity contribution is 0.280. The Hall–Kier alpha value is -2.59. The standard InChI is InChI=1S/C17H15NO3/c1-20-16-10-12(11-19)6-7-15(16)21-17-14-5-3-2-4-13(14)8-9-18-17/h2-10,19H,11H2,1H3. The summed E-state index contributed by atoms with van der Waals surface area (Å²) >= 11 is 0. The molecule has 0 aliphatic heterocycles. The van der Waals surface area contributed by atoms with Gasteiger partial charge in [0.2, 0.25) is 5.88 Å². The van der Waals surface area contributed by atoms with Crippen molar-refractivity contribution in [3.05, 3.63) is 60.3 Å². The first-order valence-corrected chi connectivity index (χ1v) is 6.61. The van der Waals surface area contributed by atoms with Crippen LogP contribution in [0.3, 0.4) is 0 Å². The third-order valence-corrected chi connectivity index (χ3v) is 3.25. The van der Waals surface area contributed by atoms with Crippen molar-refractivity contribution in [2.24, 2.45) is 0 Å². The molecule has 3 aromatic rings. The van der Waals surface area contributed by atoms with E-state index in [1.165, 1.54) is 0 Å². The molecule has 1 heterocycles. The Morgan fingerprint density at radius 3 is 2.71 bits per heavy atom. The van der Waals surface area contributed by atoms with Gasteiger partial charge in [0.15, 0.2) is 11.5 Å². The van der Waals surface area contributed by atoms with Crippen molar-refractivity contribution >= 4 is 10.8 Å². The monoisotopic (exact) mass is 281 g/mol. The van der Waals surface area contributed by atoms with Gasteiger partial charge in [-0.05, 0) is 35.2 Å². The molecular formula is C17H15NO3. The summed E-state index contributed by atoms with van der Waals surface area (Å²) in [7, 11) is 1.57. The average Bonchev–Trinajstić information content (AvgIpc) is 2.55. The minimum absolute atomic E-state index is 0.0385. The lowest BCUT2D eigenvalue weighted by Crippen LogP contribution is -1.94. The minimum Gasteiger partial charge on any atom is -0.493 e. The predicted octanol–water partition coefficient (Wildman–Crippen LogP) is 3.53. The van der Waals surface area contributed by atoms with Gasteiger partial charge in [0.25, 0.3) is 0 Å². The van der Waals surface area contributed by atoms with Crippen LogP contribution in [0, 0.1) is 0 Å². The molecule has 106 valence electrons. The first-order chi connectivity index (χ1) is 10.3. The fourth-order valence-electron chi connectivity index (χ4n) is 2.17. The van der Waals surface area contributed by atoms with E-state index in [0.29, 0.717) is 17.4 Å². The normalized spacial score (nSPS) is 10.6. The number of nitrogens with zero attached hydrogens (tertiary/aromatic N) is 1. The van der Waals surface area contributed by atoms with Crippen LogP contribution in [-0.4, -0.2) is 17.2 Å². The zero-order valence-corrected chi connectivity index (χ0v) is 11.6. The van der Waals surface area contributed by atoms with Gasteiger partial charge >= 0.3 is 0 Å². The molecule has 21 heavy (non-hydrogen) atoms. The molecule has 0 saturated carbocycles. The van der Waals surface area contributed by atoms with E-state index in [2.05, 4.69) is 4.98 Å². The first kappa shape index (κ1) is 13.4. The summed E-state index contributed by atoms with van der Waals surface area (Å²) in [5, 5.41) is 11.2. The number of pyridine rings is 1. The highest BCUT2D eigenvalue weighted by molar-refractivity contribution is 5.86. The van der Waals surface area contributed by atoms with Crippen molar-refractivity contribution in [3.8, 4) is 17.4 Å². The van der Waals surface area contributed by atoms with Crippen LogP contribution in [0.15, 0.2) is 54.7 Å². The summed E-state index contributed by atoms with van der Waals surface area (Å²) in [6.07, 6.45) is 1.71. The number of aliphatic hydroxyl groups excluding tert-OH is 1. The van der Waals surface area contributed by atoms with Crippen molar-refractivity contribution in [1.82, 2.24) is 4.98 Å². The molecule has 4 heteroatoms. The molecule has 0 atom stereocenters. The highest BCUT2D eigenvalue weighted by Crippen LogP contribution is 2.34. The molecule has 0 radical (unpaired) electrons. The fraction of sp³-hybridized carbons (Fsp3) is 0.118. The highest BCUT2D eigenvalue weighted by atomic mass is 16.5. The number of benzene rings is 2. The maximum atomic E-state index is 9.17. The van der Waals surface area contributed by atoms with Gasteiger partial charge in [0.1, 0.15) is 0 Å². The Balaban J connectivity index is 2.02. The number of fused-ring (bicyclic) bond motifs is 1. The van der Waals surface area contributed by atoms with Gasteiger partial charge in [-0.15, -0.1) is 0 Å². The van der Waals surface area contributed by atoms with Crippen LogP contribution in [0.4, 0.5) is 0 Å². The molecule has 1 N–H and O–H groups in total. The summed E-state index contributed by atoms with van der Waals surface area (Å²) in [5.41, 5.74) is 0.769. The zero-order valence-electron chi connectivity index (χ0n) is 11.6. The molecule has 2 aromatic carbocycles. The van der Waals surface area contributed by atoms with E-state index in [0.717, 1.165) is 16.3 Å². The van der Waals surface area contributed by atoms with Crippen molar-refractivity contribution in [2.45, 2.75) is 6.61 Å². The maximum Gasteiger partial charge on any atom is 0.227 e. The third-order valence-electron chi connectivity index (χ3n) is 3.25. The number of methoxy groups -OCH3 is 1. The van der Waals surface area contributed by atoms with E-state index in [9.17, 15) is 5.11 Å². The molecule has 4 nitrogen and oxygen atoms in total. The van der Waals surface area contributed by atoms with E-state index in [1.54, 1.807) is 31.5 Å². The minimum atomic E-state index is -0.0385. The summed E-state index contributed by atoms with van der Waals surface area (Å²) < 4.78 is 11.2. The van der Waals surface area contributed by atoms with E-state index in [4.69, 9.17) is 9.47 Å². The van der Waals surface area contributed by atoms with Crippen LogP contribution in [0.25, 0.3) is 10.8 Å². The van der Waals surface area contributed by atoms with Crippen LogP contribution in [-0.2, 0) is 6.61 Å². The summed E-state index contributed by atoms with van der Waals surface area (Å²) in [6, 6.07) is 15.2. The van der Waals surface area contributed by atoms with Gasteiger partial charge in [-0.25, -0.2) is 4.98 Å². The molecule has 0 amide bonds. The second-order valence-electron chi connectivity index (χ2n) is 4.58. The second-order valence-corrected chi connectivity index (χ2v) is 4.58. The lowest BCUT2D eigenvalue weighted by Gasteiger charge is -2.12. The summed E-state index contributed by atoms with van der Waals surface area (Å²) in [5.74, 6) is 1.66. The topological polar surface area (TPSA) is 51.6 Å². The SMILES string of the molecule is COc1cc(CO)ccc1Oc1nccc2ccccc12. The smallest absolute Gasteiger partial charge is 0.227 e. The highest BCUT2D eigenvalue weighted by Gasteiger charge is 2.10. The number of aliphatic hydroxyl groups is 1. The Morgan fingerprint density at radius 2 is 1.90 bits per heavy atom. The fourth-order valence-corrected chi connectivity index (χ4v) is 2.17. The van der Waals surface area contributed by atoms with E-state index < -0.39 is 0 Å². The van der Waals surface area contributed by atoms with Crippen LogP contribution in [0.5, 0.6) is 17.4 Å². The van der Waals surface area contributed by atoms with Crippen LogP contribution in [0.2, 0.25) is 0 Å². The Bertz CT molecular complexity index is 766. The van der Waals surface area contributed by atoms with Crippen molar-refractivity contribution in [2.75, 3.05) is 7.11 Å². The molecule has 0 bridgehead atoms. The number of ether oxygens (including phenoxy) is 2. The van der Waals surface area contributed by atoms with Gasteiger partial charge in [0, 0.05) is 11.6 Å². The van der Waals surface area contributed by atoms with Crippen LogP contribution in [0.1, 0.15) is 5.56 Å². The molecular weight excluding hydrogens is 266 g/mol. The average molecular weight is 281 g/mol. The van der Waals surface area contributed by atoms with Gasteiger partial charge in [0.05, 0.1) is 13.7 Å². The third kappa shape index (κ3) is 2.66. The number of hydrogen-bond acceptors (Lipinski definition) is 4. The molecule has 0 saturated heterocycles. The predicted molar refractivity (Wildman–Crippen MR) is 80.7 cm³/mol. The van der Waals surface area contributed by atoms with E-state index in [-0.39, 0.29) is 6.61 Å². The molecule has 0 fully saturated rings. The van der Waals surface area contributed by atoms with Gasteiger partial charge in [-0.3, -0.25) is 0 Å². The molecule has 0 unspecified atom stereocenters. The Morgan fingerprint density at radius 1 is 1.05 bits per heavy atom. The van der Waals surface area contributed by atoms with Crippen molar-refractivity contribution in [1.29, 1.82) is 0 Å². The molecule has 0 spiro atoms. The zero-order chi connectivity index (χ0) is 14.7. The largest absolute Gasteiger partial charge is 0.493 e. The van der Waals surface area contributed by atoms with Crippen molar-refractivity contribution in [3.63, 3.8) is 0 Å². The van der Waals surface area contributed by atoms with Gasteiger partial charge < -0.3 is 14.6 Å². The lowest BCUT2D eigenvalue weighted by atomic mass is 10.2. The Kier molecular flexibility index (Phi) is 3.71.